The third-order valence-corrected chi connectivity index (χ3v) is 2.39. The molecule has 0 saturated carbocycles. The number of pyridine rings is 1. The van der Waals surface area contributed by atoms with E-state index in [0.717, 1.165) is 30.7 Å². The van der Waals surface area contributed by atoms with Crippen molar-refractivity contribution >= 4 is 0 Å². The van der Waals surface area contributed by atoms with Gasteiger partial charge in [-0.25, -0.2) is 0 Å². The molecule has 12 heavy (non-hydrogen) atoms. The third kappa shape index (κ3) is 1.23. The van der Waals surface area contributed by atoms with Crippen LogP contribution in [0.2, 0.25) is 0 Å². The third-order valence-electron chi connectivity index (χ3n) is 2.39. The van der Waals surface area contributed by atoms with E-state index in [1.807, 2.05) is 13.0 Å². The first-order chi connectivity index (χ1) is 5.77. The van der Waals surface area contributed by atoms with Crippen LogP contribution in [0.25, 0.3) is 0 Å². The van der Waals surface area contributed by atoms with E-state index in [-0.39, 0.29) is 6.10 Å². The van der Waals surface area contributed by atoms with Gasteiger partial charge < -0.3 is 5.11 Å². The van der Waals surface area contributed by atoms with E-state index in [1.54, 1.807) is 0 Å². The summed E-state index contributed by atoms with van der Waals surface area (Å²) in [6, 6.07) is 4.09. The molecule has 1 atom stereocenters. The van der Waals surface area contributed by atoms with Crippen molar-refractivity contribution in [3.8, 4) is 0 Å². The average molecular weight is 163 g/mol. The summed E-state index contributed by atoms with van der Waals surface area (Å²) in [5.74, 6) is 0. The first-order valence-corrected chi connectivity index (χ1v) is 4.42. The molecule has 1 heterocycles. The van der Waals surface area contributed by atoms with Gasteiger partial charge in [0.05, 0.1) is 11.8 Å². The number of hydrogen-bond acceptors (Lipinski definition) is 2. The van der Waals surface area contributed by atoms with Gasteiger partial charge in [-0.3, -0.25) is 4.98 Å². The van der Waals surface area contributed by atoms with Crippen molar-refractivity contribution in [3.05, 3.63) is 29.1 Å². The SMILES string of the molecule is Cc1ccc2c(n1)[C@@H](O)CCC2. The summed E-state index contributed by atoms with van der Waals surface area (Å²) in [5, 5.41) is 9.62. The molecule has 0 saturated heterocycles. The molecule has 1 aliphatic carbocycles. The lowest BCUT2D eigenvalue weighted by molar-refractivity contribution is 0.151. The van der Waals surface area contributed by atoms with Crippen molar-refractivity contribution in [1.29, 1.82) is 0 Å². The topological polar surface area (TPSA) is 33.1 Å². The fourth-order valence-electron chi connectivity index (χ4n) is 1.73. The van der Waals surface area contributed by atoms with Gasteiger partial charge in [0.2, 0.25) is 0 Å². The Morgan fingerprint density at radius 3 is 3.17 bits per heavy atom. The number of rotatable bonds is 0. The van der Waals surface area contributed by atoms with Crippen LogP contribution in [0.3, 0.4) is 0 Å². The van der Waals surface area contributed by atoms with Gasteiger partial charge in [-0.1, -0.05) is 6.07 Å². The van der Waals surface area contributed by atoms with E-state index in [4.69, 9.17) is 0 Å². The van der Waals surface area contributed by atoms with Crippen LogP contribution in [0.1, 0.15) is 35.9 Å². The van der Waals surface area contributed by atoms with Gasteiger partial charge in [0.15, 0.2) is 0 Å². The second kappa shape index (κ2) is 2.87. The molecule has 0 amide bonds. The Morgan fingerprint density at radius 2 is 2.33 bits per heavy atom. The molecule has 0 unspecified atom stereocenters. The minimum absolute atomic E-state index is 0.325. The first kappa shape index (κ1) is 7.74. The van der Waals surface area contributed by atoms with Crippen LogP contribution in [-0.2, 0) is 6.42 Å². The first-order valence-electron chi connectivity index (χ1n) is 4.42. The summed E-state index contributed by atoms with van der Waals surface area (Å²) < 4.78 is 0. The van der Waals surface area contributed by atoms with Crippen LogP contribution in [0.5, 0.6) is 0 Å². The molecular weight excluding hydrogens is 150 g/mol. The highest BCUT2D eigenvalue weighted by Gasteiger charge is 2.18. The minimum atomic E-state index is -0.325. The Bertz CT molecular complexity index is 296. The molecule has 0 aliphatic heterocycles. The Hall–Kier alpha value is -0.890. The highest BCUT2D eigenvalue weighted by molar-refractivity contribution is 5.26. The highest BCUT2D eigenvalue weighted by atomic mass is 16.3. The summed E-state index contributed by atoms with van der Waals surface area (Å²) in [4.78, 5) is 4.34. The molecule has 1 aliphatic rings. The second-order valence-electron chi connectivity index (χ2n) is 3.41. The van der Waals surface area contributed by atoms with Gasteiger partial charge in [0.25, 0.3) is 0 Å². The van der Waals surface area contributed by atoms with Crippen molar-refractivity contribution in [2.45, 2.75) is 32.3 Å². The Balaban J connectivity index is 2.47. The summed E-state index contributed by atoms with van der Waals surface area (Å²) >= 11 is 0. The molecule has 1 N–H and O–H groups in total. The standard InChI is InChI=1S/C10H13NO/c1-7-5-6-8-3-2-4-9(12)10(8)11-7/h5-6,9,12H,2-4H2,1H3/t9-/m0/s1. The fraction of sp³-hybridized carbons (Fsp3) is 0.500. The zero-order valence-corrected chi connectivity index (χ0v) is 7.25. The van der Waals surface area contributed by atoms with E-state index in [2.05, 4.69) is 11.1 Å². The monoisotopic (exact) mass is 163 g/mol. The van der Waals surface area contributed by atoms with Gasteiger partial charge in [0.1, 0.15) is 0 Å². The highest BCUT2D eigenvalue weighted by Crippen LogP contribution is 2.27. The number of nitrogens with zero attached hydrogens (tertiary/aromatic N) is 1. The zero-order valence-electron chi connectivity index (χ0n) is 7.25. The quantitative estimate of drug-likeness (QED) is 0.632. The normalized spacial score (nSPS) is 22.0. The smallest absolute Gasteiger partial charge is 0.0962 e. The maximum Gasteiger partial charge on any atom is 0.0962 e. The molecule has 1 aromatic heterocycles. The predicted octanol–water partition coefficient (Wildman–Crippen LogP) is 1.76. The van der Waals surface area contributed by atoms with Gasteiger partial charge >= 0.3 is 0 Å². The number of aryl methyl sites for hydroxylation is 2. The molecule has 2 nitrogen and oxygen atoms in total. The summed E-state index contributed by atoms with van der Waals surface area (Å²) in [6.07, 6.45) is 2.69. The number of hydrogen-bond donors (Lipinski definition) is 1. The Morgan fingerprint density at radius 1 is 1.50 bits per heavy atom. The lowest BCUT2D eigenvalue weighted by atomic mass is 9.93. The van der Waals surface area contributed by atoms with E-state index < -0.39 is 0 Å². The van der Waals surface area contributed by atoms with Crippen LogP contribution in [0, 0.1) is 6.92 Å². The molecule has 2 heteroatoms. The fourth-order valence-corrected chi connectivity index (χ4v) is 1.73. The molecule has 0 aromatic carbocycles. The molecular formula is C10H13NO. The second-order valence-corrected chi connectivity index (χ2v) is 3.41. The average Bonchev–Trinajstić information content (AvgIpc) is 2.07. The van der Waals surface area contributed by atoms with Crippen molar-refractivity contribution in [3.63, 3.8) is 0 Å². The summed E-state index contributed by atoms with van der Waals surface area (Å²) in [7, 11) is 0. The largest absolute Gasteiger partial charge is 0.387 e. The van der Waals surface area contributed by atoms with Crippen LogP contribution < -0.4 is 0 Å². The van der Waals surface area contributed by atoms with Crippen LogP contribution in [0.4, 0.5) is 0 Å². The van der Waals surface area contributed by atoms with E-state index in [1.165, 1.54) is 5.56 Å². The molecule has 0 fully saturated rings. The molecule has 2 rings (SSSR count). The maximum absolute atomic E-state index is 9.62. The summed E-state index contributed by atoms with van der Waals surface area (Å²) in [6.45, 7) is 1.96. The van der Waals surface area contributed by atoms with Crippen molar-refractivity contribution in [2.75, 3.05) is 0 Å². The van der Waals surface area contributed by atoms with Crippen LogP contribution in [0.15, 0.2) is 12.1 Å². The van der Waals surface area contributed by atoms with Crippen molar-refractivity contribution < 1.29 is 5.11 Å². The number of aromatic nitrogens is 1. The van der Waals surface area contributed by atoms with Gasteiger partial charge in [-0.05, 0) is 37.8 Å². The van der Waals surface area contributed by atoms with E-state index in [0.29, 0.717) is 0 Å². The van der Waals surface area contributed by atoms with Crippen LogP contribution >= 0.6 is 0 Å². The lowest BCUT2D eigenvalue weighted by Crippen LogP contribution is -2.11. The number of fused-ring (bicyclic) bond motifs is 1. The van der Waals surface area contributed by atoms with Crippen molar-refractivity contribution in [1.82, 2.24) is 4.98 Å². The Kier molecular flexibility index (Phi) is 1.85. The minimum Gasteiger partial charge on any atom is -0.387 e. The predicted molar refractivity (Wildman–Crippen MR) is 46.9 cm³/mol. The van der Waals surface area contributed by atoms with Crippen LogP contribution in [-0.4, -0.2) is 10.1 Å². The van der Waals surface area contributed by atoms with Gasteiger partial charge in [0, 0.05) is 5.69 Å². The Labute approximate surface area is 72.3 Å². The number of aliphatic hydroxyl groups is 1. The zero-order chi connectivity index (χ0) is 8.55. The molecule has 1 aromatic rings. The molecule has 0 bridgehead atoms. The number of aliphatic hydroxyl groups excluding tert-OH is 1. The van der Waals surface area contributed by atoms with Gasteiger partial charge in [-0.15, -0.1) is 0 Å². The van der Waals surface area contributed by atoms with Gasteiger partial charge in [-0.2, -0.15) is 0 Å². The molecule has 0 radical (unpaired) electrons. The van der Waals surface area contributed by atoms with Crippen molar-refractivity contribution in [2.24, 2.45) is 0 Å². The lowest BCUT2D eigenvalue weighted by Gasteiger charge is -2.20. The molecule has 0 spiro atoms. The van der Waals surface area contributed by atoms with E-state index >= 15 is 0 Å². The maximum atomic E-state index is 9.62. The molecule has 64 valence electrons. The summed E-state index contributed by atoms with van der Waals surface area (Å²) in [5.41, 5.74) is 3.12. The van der Waals surface area contributed by atoms with E-state index in [9.17, 15) is 5.11 Å².